The second-order valence-corrected chi connectivity index (χ2v) is 9.31. The fourth-order valence-corrected chi connectivity index (χ4v) is 5.69. The first-order valence-electron chi connectivity index (χ1n) is 10.9. The van der Waals surface area contributed by atoms with Gasteiger partial charge in [0, 0.05) is 35.2 Å². The lowest BCUT2D eigenvalue weighted by Crippen LogP contribution is -2.53. The van der Waals surface area contributed by atoms with Gasteiger partial charge in [-0.05, 0) is 31.0 Å². The van der Waals surface area contributed by atoms with Crippen LogP contribution in [-0.2, 0) is 24.7 Å². The van der Waals surface area contributed by atoms with E-state index in [1.807, 2.05) is 0 Å². The Balaban J connectivity index is 1.66. The number of hydrogen-bond acceptors (Lipinski definition) is 7. The van der Waals surface area contributed by atoms with Crippen LogP contribution in [0, 0.1) is 28.9 Å². The van der Waals surface area contributed by atoms with Gasteiger partial charge >= 0.3 is 0 Å². The van der Waals surface area contributed by atoms with Crippen molar-refractivity contribution in [3.05, 3.63) is 62.7 Å². The molecular formula is C23H20ClN5O6. The maximum atomic E-state index is 13.8. The first-order chi connectivity index (χ1) is 16.6. The van der Waals surface area contributed by atoms with Crippen LogP contribution < -0.4 is 21.3 Å². The molecule has 12 heteroatoms. The fraction of sp³-hybridized carbons (Fsp3) is 0.304. The molecule has 2 fully saturated rings. The highest BCUT2D eigenvalue weighted by atomic mass is 35.5. The normalized spacial score (nSPS) is 26.7. The number of imide groups is 1. The molecule has 0 aromatic heterocycles. The second kappa shape index (κ2) is 7.85. The molecule has 5 rings (SSSR count). The van der Waals surface area contributed by atoms with Crippen molar-refractivity contribution in [2.24, 2.45) is 17.6 Å². The lowest BCUT2D eigenvalue weighted by atomic mass is 9.76. The van der Waals surface area contributed by atoms with E-state index in [1.165, 1.54) is 18.2 Å². The Morgan fingerprint density at radius 3 is 2.66 bits per heavy atom. The molecule has 2 aromatic rings. The Bertz CT molecular complexity index is 1350. The van der Waals surface area contributed by atoms with Gasteiger partial charge in [-0.25, -0.2) is 4.90 Å². The number of amides is 4. The summed E-state index contributed by atoms with van der Waals surface area (Å²) >= 11 is 6.25. The van der Waals surface area contributed by atoms with Gasteiger partial charge in [0.25, 0.3) is 5.69 Å². The Morgan fingerprint density at radius 1 is 1.23 bits per heavy atom. The lowest BCUT2D eigenvalue weighted by molar-refractivity contribution is -0.384. The highest BCUT2D eigenvalue weighted by Crippen LogP contribution is 2.55. The van der Waals surface area contributed by atoms with Crippen LogP contribution in [0.1, 0.15) is 24.0 Å². The number of primary amides is 1. The second-order valence-electron chi connectivity index (χ2n) is 8.91. The smallest absolute Gasteiger partial charge is 0.271 e. The number of nitro benzene ring substituents is 1. The van der Waals surface area contributed by atoms with Gasteiger partial charge in [0.15, 0.2) is 0 Å². The highest BCUT2D eigenvalue weighted by Gasteiger charge is 2.70. The van der Waals surface area contributed by atoms with Crippen molar-refractivity contribution in [3.63, 3.8) is 0 Å². The number of rotatable bonds is 5. The minimum absolute atomic E-state index is 0.0401. The van der Waals surface area contributed by atoms with Gasteiger partial charge in [0.2, 0.25) is 23.6 Å². The summed E-state index contributed by atoms with van der Waals surface area (Å²) in [4.78, 5) is 64.0. The number of carbonyl (C=O) groups is 4. The number of nitro groups is 1. The van der Waals surface area contributed by atoms with Crippen LogP contribution in [0.5, 0.6) is 0 Å². The summed E-state index contributed by atoms with van der Waals surface area (Å²) in [7, 11) is 0. The minimum atomic E-state index is -1.58. The molecule has 11 nitrogen and oxygen atoms in total. The zero-order chi connectivity index (χ0) is 25.2. The molecular weight excluding hydrogens is 478 g/mol. The molecule has 35 heavy (non-hydrogen) atoms. The van der Waals surface area contributed by atoms with E-state index in [0.29, 0.717) is 21.8 Å². The third-order valence-electron chi connectivity index (χ3n) is 7.09. The molecule has 2 aromatic carbocycles. The van der Waals surface area contributed by atoms with E-state index in [-0.39, 0.29) is 24.2 Å². The van der Waals surface area contributed by atoms with E-state index in [1.54, 1.807) is 19.1 Å². The van der Waals surface area contributed by atoms with Crippen molar-refractivity contribution in [2.45, 2.75) is 31.3 Å². The predicted octanol–water partition coefficient (Wildman–Crippen LogP) is 1.75. The zero-order valence-corrected chi connectivity index (χ0v) is 19.2. The Morgan fingerprint density at radius 2 is 1.97 bits per heavy atom. The number of anilines is 2. The van der Waals surface area contributed by atoms with Gasteiger partial charge in [-0.1, -0.05) is 23.7 Å². The van der Waals surface area contributed by atoms with Gasteiger partial charge in [-0.15, -0.1) is 0 Å². The van der Waals surface area contributed by atoms with Crippen molar-refractivity contribution in [2.75, 3.05) is 10.2 Å². The Hall–Kier alpha value is -3.83. The zero-order valence-electron chi connectivity index (χ0n) is 18.4. The topological polar surface area (TPSA) is 165 Å². The fourth-order valence-electron chi connectivity index (χ4n) is 5.54. The van der Waals surface area contributed by atoms with Crippen molar-refractivity contribution >= 4 is 52.3 Å². The SMILES string of the molecule is Cc1c(Cl)ccc2c1NC(=O)C21NC(CCC(N)=O)[C@H]2C(=O)N(c3cccc([N+](=O)[O-])c3)C(=O)[C@H]21. The summed E-state index contributed by atoms with van der Waals surface area (Å²) in [5, 5.41) is 17.7. The molecule has 3 aliphatic heterocycles. The van der Waals surface area contributed by atoms with Crippen LogP contribution in [0.3, 0.4) is 0 Å². The Labute approximate surface area is 203 Å². The monoisotopic (exact) mass is 497 g/mol. The van der Waals surface area contributed by atoms with Gasteiger partial charge in [-0.2, -0.15) is 0 Å². The first kappa shape index (κ1) is 22.9. The van der Waals surface area contributed by atoms with Crippen LogP contribution in [0.2, 0.25) is 5.02 Å². The van der Waals surface area contributed by atoms with Gasteiger partial charge in [0.1, 0.15) is 5.54 Å². The number of hydrogen-bond donors (Lipinski definition) is 3. The number of fused-ring (bicyclic) bond motifs is 4. The molecule has 180 valence electrons. The van der Waals surface area contributed by atoms with E-state index in [4.69, 9.17) is 17.3 Å². The van der Waals surface area contributed by atoms with Crippen molar-refractivity contribution in [3.8, 4) is 0 Å². The summed E-state index contributed by atoms with van der Waals surface area (Å²) in [5.74, 6) is -4.51. The van der Waals surface area contributed by atoms with Crippen LogP contribution in [0.4, 0.5) is 17.1 Å². The molecule has 4 amide bonds. The molecule has 2 saturated heterocycles. The third-order valence-corrected chi connectivity index (χ3v) is 7.49. The van der Waals surface area contributed by atoms with Crippen LogP contribution in [0.25, 0.3) is 0 Å². The third kappa shape index (κ3) is 3.15. The molecule has 0 radical (unpaired) electrons. The maximum absolute atomic E-state index is 13.8. The highest BCUT2D eigenvalue weighted by molar-refractivity contribution is 6.32. The van der Waals surface area contributed by atoms with Crippen molar-refractivity contribution in [1.29, 1.82) is 0 Å². The van der Waals surface area contributed by atoms with E-state index in [2.05, 4.69) is 10.6 Å². The number of nitrogens with zero attached hydrogens (tertiary/aromatic N) is 2. The van der Waals surface area contributed by atoms with Crippen molar-refractivity contribution < 1.29 is 24.1 Å². The standard InChI is InChI=1S/C23H20ClN5O6/c1-10-14(24)6-5-13-19(10)26-22(33)23(13)18-17(15(27-23)7-8-16(25)30)20(31)28(21(18)32)11-3-2-4-12(9-11)29(34)35/h2-6,9,15,17-18,27H,7-8H2,1H3,(H2,25,30)(H,26,33)/t15?,17-,18+,23?/m1/s1. The van der Waals surface area contributed by atoms with Crippen LogP contribution in [0.15, 0.2) is 36.4 Å². The number of carbonyl (C=O) groups excluding carboxylic acids is 4. The number of non-ortho nitro benzene ring substituents is 1. The average Bonchev–Trinajstić information content (AvgIpc) is 3.40. The largest absolute Gasteiger partial charge is 0.370 e. The summed E-state index contributed by atoms with van der Waals surface area (Å²) in [6, 6.07) is 7.73. The number of nitrogens with two attached hydrogens (primary N) is 1. The lowest BCUT2D eigenvalue weighted by Gasteiger charge is -2.29. The molecule has 3 heterocycles. The molecule has 0 aliphatic carbocycles. The molecule has 4 N–H and O–H groups in total. The Kier molecular flexibility index (Phi) is 5.15. The molecule has 4 atom stereocenters. The number of halogens is 1. The maximum Gasteiger partial charge on any atom is 0.271 e. The summed E-state index contributed by atoms with van der Waals surface area (Å²) < 4.78 is 0. The van der Waals surface area contributed by atoms with E-state index < -0.39 is 52.0 Å². The molecule has 0 saturated carbocycles. The van der Waals surface area contributed by atoms with E-state index in [0.717, 1.165) is 11.0 Å². The predicted molar refractivity (Wildman–Crippen MR) is 124 cm³/mol. The summed E-state index contributed by atoms with van der Waals surface area (Å²) in [6.45, 7) is 1.73. The van der Waals surface area contributed by atoms with Crippen LogP contribution >= 0.6 is 11.6 Å². The quantitative estimate of drug-likeness (QED) is 0.321. The van der Waals surface area contributed by atoms with Gasteiger partial charge in [-0.3, -0.25) is 34.6 Å². The van der Waals surface area contributed by atoms with Gasteiger partial charge in [0.05, 0.1) is 28.1 Å². The summed E-state index contributed by atoms with van der Waals surface area (Å²) in [5.41, 5.74) is 5.05. The minimum Gasteiger partial charge on any atom is -0.370 e. The summed E-state index contributed by atoms with van der Waals surface area (Å²) in [6.07, 6.45) is 0.0542. The van der Waals surface area contributed by atoms with E-state index >= 15 is 0 Å². The van der Waals surface area contributed by atoms with E-state index in [9.17, 15) is 29.3 Å². The molecule has 1 spiro atoms. The first-order valence-corrected chi connectivity index (χ1v) is 11.2. The van der Waals surface area contributed by atoms with Gasteiger partial charge < -0.3 is 11.1 Å². The molecule has 3 aliphatic rings. The van der Waals surface area contributed by atoms with Crippen LogP contribution in [-0.4, -0.2) is 34.6 Å². The average molecular weight is 498 g/mol. The molecule has 2 unspecified atom stereocenters. The number of nitrogens with one attached hydrogen (secondary N) is 2. The van der Waals surface area contributed by atoms with Crippen molar-refractivity contribution in [1.82, 2.24) is 5.32 Å². The number of benzene rings is 2. The molecule has 0 bridgehead atoms.